The summed E-state index contributed by atoms with van der Waals surface area (Å²) in [5.41, 5.74) is 1.39. The second-order valence-electron chi connectivity index (χ2n) is 4.17. The van der Waals surface area contributed by atoms with Gasteiger partial charge in [0.05, 0.1) is 25.2 Å². The Morgan fingerprint density at radius 2 is 2.11 bits per heavy atom. The van der Waals surface area contributed by atoms with Crippen LogP contribution in [0.4, 0.5) is 0 Å². The molecule has 0 radical (unpaired) electrons. The van der Waals surface area contributed by atoms with Gasteiger partial charge in [0.2, 0.25) is 0 Å². The van der Waals surface area contributed by atoms with E-state index in [-0.39, 0.29) is 17.8 Å². The lowest BCUT2D eigenvalue weighted by Crippen LogP contribution is -2.15. The maximum absolute atomic E-state index is 11.8. The van der Waals surface area contributed by atoms with Crippen LogP contribution in [0.3, 0.4) is 0 Å². The van der Waals surface area contributed by atoms with Crippen molar-refractivity contribution in [3.63, 3.8) is 0 Å². The van der Waals surface area contributed by atoms with E-state index in [4.69, 9.17) is 4.74 Å². The number of hydrogen-bond donors (Lipinski definition) is 1. The normalized spacial score (nSPS) is 12.1. The highest BCUT2D eigenvalue weighted by molar-refractivity contribution is 5.87. The van der Waals surface area contributed by atoms with E-state index < -0.39 is 0 Å². The predicted molar refractivity (Wildman–Crippen MR) is 70.1 cm³/mol. The van der Waals surface area contributed by atoms with Gasteiger partial charge in [-0.1, -0.05) is 12.1 Å². The van der Waals surface area contributed by atoms with Crippen molar-refractivity contribution >= 4 is 5.97 Å². The third-order valence-electron chi connectivity index (χ3n) is 2.94. The summed E-state index contributed by atoms with van der Waals surface area (Å²) in [6.07, 6.45) is 3.10. The van der Waals surface area contributed by atoms with Crippen LogP contribution < -0.4 is 0 Å². The van der Waals surface area contributed by atoms with E-state index in [1.54, 1.807) is 30.0 Å². The number of phenolic OH excluding ortho intramolecular Hbond substituents is 1. The fraction of sp³-hybridized carbons (Fsp3) is 0.286. The van der Waals surface area contributed by atoms with Crippen LogP contribution >= 0.6 is 0 Å². The molecule has 0 aliphatic rings. The van der Waals surface area contributed by atoms with Crippen LogP contribution in [0, 0.1) is 0 Å². The van der Waals surface area contributed by atoms with Gasteiger partial charge in [-0.25, -0.2) is 9.78 Å². The van der Waals surface area contributed by atoms with Gasteiger partial charge in [0, 0.05) is 0 Å². The van der Waals surface area contributed by atoms with Gasteiger partial charge in [0.1, 0.15) is 11.4 Å². The van der Waals surface area contributed by atoms with Crippen LogP contribution in [-0.2, 0) is 4.74 Å². The van der Waals surface area contributed by atoms with E-state index in [9.17, 15) is 9.90 Å². The predicted octanol–water partition coefficient (Wildman–Crippen LogP) is 2.37. The first kappa shape index (κ1) is 13.1. The highest BCUT2D eigenvalue weighted by Gasteiger charge is 2.17. The molecule has 1 atom stereocenters. The number of benzene rings is 1. The molecular formula is C14H16N2O3. The molecule has 2 aromatic rings. The number of ether oxygens (including phenoxy) is 1. The highest BCUT2D eigenvalue weighted by Crippen LogP contribution is 2.22. The second-order valence-corrected chi connectivity index (χ2v) is 4.17. The Hall–Kier alpha value is -2.30. The average Bonchev–Trinajstić information content (AvgIpc) is 2.88. The third kappa shape index (κ3) is 2.76. The lowest BCUT2D eigenvalue weighted by atomic mass is 10.1. The SMILES string of the molecule is CCOC(=O)c1cncn1[C@H](C)c1ccc(O)cc1. The lowest BCUT2D eigenvalue weighted by molar-refractivity contribution is 0.0512. The Morgan fingerprint density at radius 3 is 2.74 bits per heavy atom. The van der Waals surface area contributed by atoms with Crippen LogP contribution in [0.1, 0.15) is 35.9 Å². The van der Waals surface area contributed by atoms with Crippen molar-refractivity contribution < 1.29 is 14.6 Å². The molecule has 0 unspecified atom stereocenters. The Labute approximate surface area is 111 Å². The molecule has 5 heteroatoms. The molecule has 0 saturated heterocycles. The van der Waals surface area contributed by atoms with E-state index >= 15 is 0 Å². The fourth-order valence-electron chi connectivity index (χ4n) is 1.89. The van der Waals surface area contributed by atoms with Crippen molar-refractivity contribution in [2.75, 3.05) is 6.61 Å². The molecule has 2 rings (SSSR count). The summed E-state index contributed by atoms with van der Waals surface area (Å²) >= 11 is 0. The Balaban J connectivity index is 2.29. The molecule has 1 aromatic carbocycles. The summed E-state index contributed by atoms with van der Waals surface area (Å²) in [5, 5.41) is 9.29. The second kappa shape index (κ2) is 5.56. The van der Waals surface area contributed by atoms with Crippen molar-refractivity contribution in [1.82, 2.24) is 9.55 Å². The Kier molecular flexibility index (Phi) is 3.85. The number of aromatic hydroxyl groups is 1. The fourth-order valence-corrected chi connectivity index (χ4v) is 1.89. The van der Waals surface area contributed by atoms with Gasteiger partial charge in [0.25, 0.3) is 0 Å². The summed E-state index contributed by atoms with van der Waals surface area (Å²) < 4.78 is 6.75. The van der Waals surface area contributed by atoms with Crippen LogP contribution in [0.15, 0.2) is 36.8 Å². The summed E-state index contributed by atoms with van der Waals surface area (Å²) in [4.78, 5) is 15.8. The number of imidazole rings is 1. The highest BCUT2D eigenvalue weighted by atomic mass is 16.5. The third-order valence-corrected chi connectivity index (χ3v) is 2.94. The number of aromatic nitrogens is 2. The van der Waals surface area contributed by atoms with Crippen LogP contribution in [0.2, 0.25) is 0 Å². The van der Waals surface area contributed by atoms with Crippen molar-refractivity contribution in [3.05, 3.63) is 48.0 Å². The molecule has 19 heavy (non-hydrogen) atoms. The number of esters is 1. The average molecular weight is 260 g/mol. The Morgan fingerprint density at radius 1 is 1.42 bits per heavy atom. The molecule has 0 bridgehead atoms. The first-order chi connectivity index (χ1) is 9.13. The van der Waals surface area contributed by atoms with Crippen molar-refractivity contribution in [2.45, 2.75) is 19.9 Å². The Bertz CT molecular complexity index is 560. The molecule has 0 amide bonds. The van der Waals surface area contributed by atoms with Gasteiger partial charge in [-0.2, -0.15) is 0 Å². The van der Waals surface area contributed by atoms with Gasteiger partial charge in [-0.15, -0.1) is 0 Å². The van der Waals surface area contributed by atoms with Gasteiger partial charge in [0.15, 0.2) is 0 Å². The number of carbonyl (C=O) groups excluding carboxylic acids is 1. The lowest BCUT2D eigenvalue weighted by Gasteiger charge is -2.16. The summed E-state index contributed by atoms with van der Waals surface area (Å²) in [5.74, 6) is -0.169. The topological polar surface area (TPSA) is 64.3 Å². The van der Waals surface area contributed by atoms with Gasteiger partial charge in [-0.3, -0.25) is 0 Å². The first-order valence-electron chi connectivity index (χ1n) is 6.11. The maximum Gasteiger partial charge on any atom is 0.356 e. The monoisotopic (exact) mass is 260 g/mol. The number of nitrogens with zero attached hydrogens (tertiary/aromatic N) is 2. The minimum Gasteiger partial charge on any atom is -0.508 e. The van der Waals surface area contributed by atoms with Gasteiger partial charge in [-0.05, 0) is 31.5 Å². The number of hydrogen-bond acceptors (Lipinski definition) is 4. The molecule has 100 valence electrons. The largest absolute Gasteiger partial charge is 0.508 e. The molecular weight excluding hydrogens is 244 g/mol. The minimum absolute atomic E-state index is 0.0671. The van der Waals surface area contributed by atoms with Crippen molar-refractivity contribution in [3.8, 4) is 5.75 Å². The van der Waals surface area contributed by atoms with E-state index in [1.807, 2.05) is 19.1 Å². The molecule has 0 saturated carbocycles. The molecule has 0 aliphatic heterocycles. The summed E-state index contributed by atoms with van der Waals surface area (Å²) in [6, 6.07) is 6.80. The standard InChI is InChI=1S/C14H16N2O3/c1-3-19-14(18)13-8-15-9-16(13)10(2)11-4-6-12(17)7-5-11/h4-10,17H,3H2,1-2H3/t10-/m1/s1. The van der Waals surface area contributed by atoms with Crippen molar-refractivity contribution in [2.24, 2.45) is 0 Å². The first-order valence-corrected chi connectivity index (χ1v) is 6.11. The number of rotatable bonds is 4. The minimum atomic E-state index is -0.384. The quantitative estimate of drug-likeness (QED) is 0.857. The number of phenols is 1. The molecule has 1 aromatic heterocycles. The number of carbonyl (C=O) groups is 1. The van der Waals surface area contributed by atoms with Crippen LogP contribution in [0.25, 0.3) is 0 Å². The summed E-state index contributed by atoms with van der Waals surface area (Å²) in [7, 11) is 0. The zero-order valence-electron chi connectivity index (χ0n) is 10.9. The van der Waals surface area contributed by atoms with Crippen LogP contribution in [-0.4, -0.2) is 27.2 Å². The molecule has 0 fully saturated rings. The molecule has 1 N–H and O–H groups in total. The molecule has 5 nitrogen and oxygen atoms in total. The smallest absolute Gasteiger partial charge is 0.356 e. The van der Waals surface area contributed by atoms with E-state index in [0.29, 0.717) is 12.3 Å². The van der Waals surface area contributed by atoms with E-state index in [0.717, 1.165) is 5.56 Å². The summed E-state index contributed by atoms with van der Waals surface area (Å²) in [6.45, 7) is 4.05. The van der Waals surface area contributed by atoms with E-state index in [2.05, 4.69) is 4.98 Å². The zero-order valence-corrected chi connectivity index (χ0v) is 10.9. The van der Waals surface area contributed by atoms with Gasteiger partial charge < -0.3 is 14.4 Å². The molecule has 0 aliphatic carbocycles. The van der Waals surface area contributed by atoms with E-state index in [1.165, 1.54) is 6.20 Å². The molecule has 1 heterocycles. The van der Waals surface area contributed by atoms with Crippen LogP contribution in [0.5, 0.6) is 5.75 Å². The maximum atomic E-state index is 11.8. The van der Waals surface area contributed by atoms with Gasteiger partial charge >= 0.3 is 5.97 Å². The zero-order chi connectivity index (χ0) is 13.8. The molecule has 0 spiro atoms. The van der Waals surface area contributed by atoms with Crippen molar-refractivity contribution in [1.29, 1.82) is 0 Å².